The molecule has 62 valence electrons. The first kappa shape index (κ1) is 10.2. The van der Waals surface area contributed by atoms with Gasteiger partial charge < -0.3 is 0 Å². The number of benzene rings is 1. The minimum absolute atomic E-state index is 1.07. The average molecular weight is 382 g/mol. The van der Waals surface area contributed by atoms with Crippen LogP contribution in [0.3, 0.4) is 0 Å². The highest BCUT2D eigenvalue weighted by molar-refractivity contribution is 14.1. The Labute approximate surface area is 100 Å². The monoisotopic (exact) mass is 382 g/mol. The molecule has 0 fully saturated rings. The molecule has 0 saturated heterocycles. The third kappa shape index (κ3) is 2.58. The molecule has 0 heterocycles. The zero-order chi connectivity index (χ0) is 9.14. The van der Waals surface area contributed by atoms with Gasteiger partial charge in [-0.15, -0.1) is 0 Å². The van der Waals surface area contributed by atoms with E-state index in [-0.39, 0.29) is 0 Å². The molecule has 1 aromatic rings. The Bertz CT molecular complexity index is 276. The lowest BCUT2D eigenvalue weighted by molar-refractivity contribution is 1.62. The minimum atomic E-state index is 1.07. The number of rotatable bonds is 2. The number of halogens is 2. The highest BCUT2D eigenvalue weighted by Gasteiger charge is 1.96. The molecule has 2 heteroatoms. The van der Waals surface area contributed by atoms with Crippen molar-refractivity contribution < 1.29 is 0 Å². The van der Waals surface area contributed by atoms with Crippen molar-refractivity contribution in [2.24, 2.45) is 0 Å². The van der Waals surface area contributed by atoms with Crippen LogP contribution in [0.4, 0.5) is 0 Å². The maximum Gasteiger partial charge on any atom is 0.0130 e. The van der Waals surface area contributed by atoms with Gasteiger partial charge in [0.15, 0.2) is 0 Å². The largest absolute Gasteiger partial charge is 0.0850 e. The lowest BCUT2D eigenvalue weighted by atomic mass is 10.1. The molecule has 0 aliphatic rings. The summed E-state index contributed by atoms with van der Waals surface area (Å²) in [5, 5.41) is 0. The van der Waals surface area contributed by atoms with E-state index in [1.54, 1.807) is 0 Å². The standard InChI is InChI=1S/C10H8I2/c1-7(11)9-3-5-10(6-4-9)8(2)12/h3-6H,1-2H2. The van der Waals surface area contributed by atoms with Gasteiger partial charge in [0.1, 0.15) is 0 Å². The summed E-state index contributed by atoms with van der Waals surface area (Å²) in [7, 11) is 0. The molecule has 0 unspecified atom stereocenters. The van der Waals surface area contributed by atoms with Gasteiger partial charge in [-0.1, -0.05) is 37.4 Å². The summed E-state index contributed by atoms with van der Waals surface area (Å²) in [5.41, 5.74) is 2.36. The third-order valence-electron chi connectivity index (χ3n) is 1.51. The van der Waals surface area contributed by atoms with E-state index < -0.39 is 0 Å². The van der Waals surface area contributed by atoms with Gasteiger partial charge in [0.25, 0.3) is 0 Å². The van der Waals surface area contributed by atoms with Crippen molar-refractivity contribution in [3.63, 3.8) is 0 Å². The normalized spacial score (nSPS) is 9.50. The van der Waals surface area contributed by atoms with Gasteiger partial charge in [-0.25, -0.2) is 0 Å². The summed E-state index contributed by atoms with van der Waals surface area (Å²) in [6.45, 7) is 7.72. The van der Waals surface area contributed by atoms with Crippen LogP contribution in [0.2, 0.25) is 0 Å². The van der Waals surface area contributed by atoms with Crippen LogP contribution in [0.1, 0.15) is 11.1 Å². The molecule has 0 N–H and O–H groups in total. The van der Waals surface area contributed by atoms with Crippen LogP contribution in [0.25, 0.3) is 7.16 Å². The van der Waals surface area contributed by atoms with E-state index in [4.69, 9.17) is 0 Å². The van der Waals surface area contributed by atoms with Gasteiger partial charge >= 0.3 is 0 Å². The van der Waals surface area contributed by atoms with Gasteiger partial charge in [-0.05, 0) is 56.3 Å². The summed E-state index contributed by atoms with van der Waals surface area (Å²) < 4.78 is 2.14. The molecule has 0 atom stereocenters. The van der Waals surface area contributed by atoms with Gasteiger partial charge in [-0.3, -0.25) is 0 Å². The fourth-order valence-electron chi connectivity index (χ4n) is 0.832. The maximum absolute atomic E-state index is 3.86. The van der Waals surface area contributed by atoms with E-state index in [0.29, 0.717) is 0 Å². The summed E-state index contributed by atoms with van der Waals surface area (Å²) in [5.74, 6) is 0. The molecule has 0 aromatic heterocycles. The molecule has 0 amide bonds. The molecule has 0 nitrogen and oxygen atoms in total. The lowest BCUT2D eigenvalue weighted by Gasteiger charge is -2.00. The predicted octanol–water partition coefficient (Wildman–Crippen LogP) is 4.50. The van der Waals surface area contributed by atoms with Crippen LogP contribution in [-0.2, 0) is 0 Å². The first-order valence-electron chi connectivity index (χ1n) is 3.41. The second-order valence-corrected chi connectivity index (χ2v) is 4.99. The molecule has 0 radical (unpaired) electrons. The van der Waals surface area contributed by atoms with Gasteiger partial charge in [-0.2, -0.15) is 0 Å². The zero-order valence-corrected chi connectivity index (χ0v) is 10.8. The van der Waals surface area contributed by atoms with Crippen molar-refractivity contribution in [1.29, 1.82) is 0 Å². The Kier molecular flexibility index (Phi) is 3.77. The van der Waals surface area contributed by atoms with Crippen molar-refractivity contribution in [2.45, 2.75) is 0 Å². The average Bonchev–Trinajstić information content (AvgIpc) is 2.04. The third-order valence-corrected chi connectivity index (χ3v) is 2.76. The van der Waals surface area contributed by atoms with E-state index >= 15 is 0 Å². The highest BCUT2D eigenvalue weighted by atomic mass is 127. The van der Waals surface area contributed by atoms with Gasteiger partial charge in [0.2, 0.25) is 0 Å². The molecule has 1 aromatic carbocycles. The van der Waals surface area contributed by atoms with E-state index in [9.17, 15) is 0 Å². The predicted molar refractivity (Wildman–Crippen MR) is 72.6 cm³/mol. The Hall–Kier alpha value is 0.160. The van der Waals surface area contributed by atoms with Gasteiger partial charge in [0, 0.05) is 7.16 Å². The van der Waals surface area contributed by atoms with E-state index in [1.807, 2.05) is 0 Å². The molecule has 0 aliphatic heterocycles. The van der Waals surface area contributed by atoms with Crippen LogP contribution in [-0.4, -0.2) is 0 Å². The summed E-state index contributed by atoms with van der Waals surface area (Å²) in [4.78, 5) is 0. The second-order valence-electron chi connectivity index (χ2n) is 2.39. The molecule has 12 heavy (non-hydrogen) atoms. The van der Waals surface area contributed by atoms with Crippen LogP contribution in [0, 0.1) is 0 Å². The van der Waals surface area contributed by atoms with Crippen molar-refractivity contribution in [1.82, 2.24) is 0 Å². The number of hydrogen-bond acceptors (Lipinski definition) is 0. The smallest absolute Gasteiger partial charge is 0.0130 e. The van der Waals surface area contributed by atoms with Crippen molar-refractivity contribution in [3.05, 3.63) is 48.6 Å². The Morgan fingerprint density at radius 2 is 1.08 bits per heavy atom. The van der Waals surface area contributed by atoms with E-state index in [2.05, 4.69) is 82.6 Å². The quantitative estimate of drug-likeness (QED) is 0.662. The van der Waals surface area contributed by atoms with Gasteiger partial charge in [0.05, 0.1) is 0 Å². The van der Waals surface area contributed by atoms with Crippen LogP contribution in [0.5, 0.6) is 0 Å². The Morgan fingerprint density at radius 1 is 0.833 bits per heavy atom. The first-order chi connectivity index (χ1) is 5.61. The zero-order valence-electron chi connectivity index (χ0n) is 6.48. The molecule has 0 spiro atoms. The van der Waals surface area contributed by atoms with Crippen molar-refractivity contribution in [3.8, 4) is 0 Å². The summed E-state index contributed by atoms with van der Waals surface area (Å²) in [6.07, 6.45) is 0. The van der Waals surface area contributed by atoms with Crippen molar-refractivity contribution in [2.75, 3.05) is 0 Å². The Balaban J connectivity index is 3.01. The van der Waals surface area contributed by atoms with E-state index in [1.165, 1.54) is 11.1 Å². The SMILES string of the molecule is C=C(I)c1ccc(C(=C)I)cc1. The van der Waals surface area contributed by atoms with Crippen LogP contribution >= 0.6 is 45.2 Å². The second kappa shape index (κ2) is 4.41. The lowest BCUT2D eigenvalue weighted by Crippen LogP contribution is -1.77. The Morgan fingerprint density at radius 3 is 1.25 bits per heavy atom. The summed E-state index contributed by atoms with van der Waals surface area (Å²) in [6, 6.07) is 8.25. The molecule has 1 rings (SSSR count). The topological polar surface area (TPSA) is 0 Å². The molecular formula is C10H8I2. The molecule has 0 bridgehead atoms. The summed E-state index contributed by atoms with van der Waals surface area (Å²) >= 11 is 4.44. The maximum atomic E-state index is 3.86. The highest BCUT2D eigenvalue weighted by Crippen LogP contribution is 2.23. The van der Waals surface area contributed by atoms with Crippen molar-refractivity contribution >= 4 is 52.3 Å². The van der Waals surface area contributed by atoms with E-state index in [0.717, 1.165) is 7.16 Å². The molecule has 0 saturated carbocycles. The molecule has 0 aliphatic carbocycles. The minimum Gasteiger partial charge on any atom is -0.0850 e. The van der Waals surface area contributed by atoms with Crippen LogP contribution < -0.4 is 0 Å². The van der Waals surface area contributed by atoms with Crippen LogP contribution in [0.15, 0.2) is 37.4 Å². The first-order valence-corrected chi connectivity index (χ1v) is 5.56. The molecular weight excluding hydrogens is 374 g/mol. The number of hydrogen-bond donors (Lipinski definition) is 0. The fourth-order valence-corrected chi connectivity index (χ4v) is 1.55. The fraction of sp³-hybridized carbons (Fsp3) is 0.